The Balaban J connectivity index is 1.85. The molecular formula is C14H19N5O. The molecule has 1 saturated heterocycles. The minimum Gasteiger partial charge on any atom is -0.494 e. The Morgan fingerprint density at radius 3 is 2.85 bits per heavy atom. The van der Waals surface area contributed by atoms with Gasteiger partial charge in [0.25, 0.3) is 0 Å². The SMILES string of the molecule is COc1ccccc1-n1nncc1CN1CCNCC1. The molecule has 0 atom stereocenters. The van der Waals surface area contributed by atoms with Gasteiger partial charge in [-0.05, 0) is 12.1 Å². The molecule has 0 spiro atoms. The summed E-state index contributed by atoms with van der Waals surface area (Å²) in [7, 11) is 1.67. The van der Waals surface area contributed by atoms with Crippen LogP contribution in [0.3, 0.4) is 0 Å². The molecule has 106 valence electrons. The third-order valence-corrected chi connectivity index (χ3v) is 3.53. The van der Waals surface area contributed by atoms with Gasteiger partial charge in [0, 0.05) is 32.7 Å². The fraction of sp³-hybridized carbons (Fsp3) is 0.429. The van der Waals surface area contributed by atoms with Crippen molar-refractivity contribution in [3.63, 3.8) is 0 Å². The molecule has 0 unspecified atom stereocenters. The minimum absolute atomic E-state index is 0.805. The van der Waals surface area contributed by atoms with Crippen LogP contribution < -0.4 is 10.1 Å². The highest BCUT2D eigenvalue weighted by atomic mass is 16.5. The number of piperazine rings is 1. The maximum absolute atomic E-state index is 5.40. The average molecular weight is 273 g/mol. The maximum Gasteiger partial charge on any atom is 0.144 e. The van der Waals surface area contributed by atoms with E-state index in [1.54, 1.807) is 7.11 Å². The first kappa shape index (κ1) is 13.1. The number of benzene rings is 1. The van der Waals surface area contributed by atoms with E-state index in [0.29, 0.717) is 0 Å². The predicted octanol–water partition coefficient (Wildman–Crippen LogP) is 0.681. The van der Waals surface area contributed by atoms with Crippen molar-refractivity contribution < 1.29 is 4.74 Å². The standard InChI is InChI=1S/C14H19N5O/c1-20-14-5-3-2-4-13(14)19-12(10-16-17-19)11-18-8-6-15-7-9-18/h2-5,10,15H,6-9,11H2,1H3. The van der Waals surface area contributed by atoms with Gasteiger partial charge in [-0.15, -0.1) is 5.10 Å². The topological polar surface area (TPSA) is 55.2 Å². The van der Waals surface area contributed by atoms with Crippen LogP contribution in [0.5, 0.6) is 5.75 Å². The maximum atomic E-state index is 5.40. The van der Waals surface area contributed by atoms with Crippen LogP contribution in [0.25, 0.3) is 5.69 Å². The van der Waals surface area contributed by atoms with E-state index < -0.39 is 0 Å². The van der Waals surface area contributed by atoms with Gasteiger partial charge in [-0.2, -0.15) is 0 Å². The first-order valence-corrected chi connectivity index (χ1v) is 6.84. The fourth-order valence-corrected chi connectivity index (χ4v) is 2.47. The number of methoxy groups -OCH3 is 1. The van der Waals surface area contributed by atoms with E-state index in [1.807, 2.05) is 35.1 Å². The first-order chi connectivity index (χ1) is 9.88. The van der Waals surface area contributed by atoms with E-state index in [-0.39, 0.29) is 0 Å². The largest absolute Gasteiger partial charge is 0.494 e. The lowest BCUT2D eigenvalue weighted by Crippen LogP contribution is -2.43. The van der Waals surface area contributed by atoms with E-state index in [2.05, 4.69) is 20.5 Å². The summed E-state index contributed by atoms with van der Waals surface area (Å²) in [6.07, 6.45) is 1.83. The summed E-state index contributed by atoms with van der Waals surface area (Å²) in [6, 6.07) is 7.86. The zero-order valence-corrected chi connectivity index (χ0v) is 11.6. The third kappa shape index (κ3) is 2.66. The number of hydrogen-bond acceptors (Lipinski definition) is 5. The van der Waals surface area contributed by atoms with E-state index in [0.717, 1.165) is 49.9 Å². The zero-order chi connectivity index (χ0) is 13.8. The summed E-state index contributed by atoms with van der Waals surface area (Å²) in [5.74, 6) is 0.805. The number of ether oxygens (including phenoxy) is 1. The lowest BCUT2D eigenvalue weighted by atomic mass is 10.2. The van der Waals surface area contributed by atoms with Crippen LogP contribution >= 0.6 is 0 Å². The molecule has 0 aliphatic carbocycles. The predicted molar refractivity (Wildman–Crippen MR) is 76.1 cm³/mol. The monoisotopic (exact) mass is 273 g/mol. The van der Waals surface area contributed by atoms with Crippen molar-refractivity contribution in [1.29, 1.82) is 0 Å². The lowest BCUT2D eigenvalue weighted by Gasteiger charge is -2.27. The molecule has 2 heterocycles. The van der Waals surface area contributed by atoms with Gasteiger partial charge in [-0.1, -0.05) is 17.3 Å². The average Bonchev–Trinajstić information content (AvgIpc) is 2.96. The summed E-state index contributed by atoms with van der Waals surface area (Å²) in [5, 5.41) is 11.6. The molecule has 1 aromatic heterocycles. The summed E-state index contributed by atoms with van der Waals surface area (Å²) in [6.45, 7) is 5.04. The lowest BCUT2D eigenvalue weighted by molar-refractivity contribution is 0.229. The third-order valence-electron chi connectivity index (χ3n) is 3.53. The number of nitrogens with zero attached hydrogens (tertiary/aromatic N) is 4. The van der Waals surface area contributed by atoms with E-state index >= 15 is 0 Å². The van der Waals surface area contributed by atoms with Gasteiger partial charge >= 0.3 is 0 Å². The molecule has 20 heavy (non-hydrogen) atoms. The normalized spacial score (nSPS) is 16.2. The minimum atomic E-state index is 0.805. The van der Waals surface area contributed by atoms with Crippen LogP contribution in [0.1, 0.15) is 5.69 Å². The van der Waals surface area contributed by atoms with Gasteiger partial charge < -0.3 is 10.1 Å². The Hall–Kier alpha value is -1.92. The van der Waals surface area contributed by atoms with Crippen LogP contribution in [-0.4, -0.2) is 53.2 Å². The van der Waals surface area contributed by atoms with E-state index in [9.17, 15) is 0 Å². The molecule has 0 radical (unpaired) electrons. The fourth-order valence-electron chi connectivity index (χ4n) is 2.47. The first-order valence-electron chi connectivity index (χ1n) is 6.84. The molecule has 3 rings (SSSR count). The Morgan fingerprint density at radius 2 is 2.05 bits per heavy atom. The second-order valence-corrected chi connectivity index (χ2v) is 4.84. The summed E-state index contributed by atoms with van der Waals surface area (Å²) < 4.78 is 7.26. The zero-order valence-electron chi connectivity index (χ0n) is 11.6. The number of para-hydroxylation sites is 2. The van der Waals surface area contributed by atoms with Crippen LogP contribution in [-0.2, 0) is 6.54 Å². The second kappa shape index (κ2) is 6.02. The molecule has 0 amide bonds. The highest BCUT2D eigenvalue weighted by Gasteiger charge is 2.15. The molecule has 1 fully saturated rings. The summed E-state index contributed by atoms with van der Waals surface area (Å²) >= 11 is 0. The van der Waals surface area contributed by atoms with Gasteiger partial charge in [0.2, 0.25) is 0 Å². The number of hydrogen-bond donors (Lipinski definition) is 1. The Labute approximate surface area is 118 Å². The molecule has 1 aliphatic rings. The van der Waals surface area contributed by atoms with E-state index in [1.165, 1.54) is 0 Å². The van der Waals surface area contributed by atoms with Crippen molar-refractivity contribution in [2.24, 2.45) is 0 Å². The van der Waals surface area contributed by atoms with Crippen molar-refractivity contribution in [3.8, 4) is 11.4 Å². The Kier molecular flexibility index (Phi) is 3.94. The molecule has 1 aliphatic heterocycles. The van der Waals surface area contributed by atoms with Gasteiger partial charge in [0.1, 0.15) is 11.4 Å². The van der Waals surface area contributed by atoms with E-state index in [4.69, 9.17) is 4.74 Å². The molecule has 0 saturated carbocycles. The molecule has 6 nitrogen and oxygen atoms in total. The van der Waals surface area contributed by atoms with Gasteiger partial charge in [-0.25, -0.2) is 4.68 Å². The van der Waals surface area contributed by atoms with Crippen molar-refractivity contribution in [2.45, 2.75) is 6.54 Å². The summed E-state index contributed by atoms with van der Waals surface area (Å²) in [5.41, 5.74) is 2.01. The summed E-state index contributed by atoms with van der Waals surface area (Å²) in [4.78, 5) is 2.40. The highest BCUT2D eigenvalue weighted by molar-refractivity contribution is 5.46. The van der Waals surface area contributed by atoms with Gasteiger partial charge in [0.05, 0.1) is 19.0 Å². The quantitative estimate of drug-likeness (QED) is 0.888. The Morgan fingerprint density at radius 1 is 1.25 bits per heavy atom. The number of rotatable bonds is 4. The molecule has 1 aromatic carbocycles. The van der Waals surface area contributed by atoms with Gasteiger partial charge in [-0.3, -0.25) is 4.90 Å². The molecule has 0 bridgehead atoms. The van der Waals surface area contributed by atoms with Crippen LogP contribution in [0.2, 0.25) is 0 Å². The van der Waals surface area contributed by atoms with Crippen LogP contribution in [0, 0.1) is 0 Å². The smallest absolute Gasteiger partial charge is 0.144 e. The van der Waals surface area contributed by atoms with Crippen LogP contribution in [0.4, 0.5) is 0 Å². The molecule has 2 aromatic rings. The van der Waals surface area contributed by atoms with Crippen molar-refractivity contribution in [2.75, 3.05) is 33.3 Å². The van der Waals surface area contributed by atoms with Crippen molar-refractivity contribution >= 4 is 0 Å². The Bertz CT molecular complexity index is 562. The number of aromatic nitrogens is 3. The number of nitrogens with one attached hydrogen (secondary N) is 1. The van der Waals surface area contributed by atoms with Crippen molar-refractivity contribution in [1.82, 2.24) is 25.2 Å². The molecule has 6 heteroatoms. The molecule has 1 N–H and O–H groups in total. The highest BCUT2D eigenvalue weighted by Crippen LogP contribution is 2.22. The van der Waals surface area contributed by atoms with Crippen molar-refractivity contribution in [3.05, 3.63) is 36.2 Å². The second-order valence-electron chi connectivity index (χ2n) is 4.84. The van der Waals surface area contributed by atoms with Gasteiger partial charge in [0.15, 0.2) is 0 Å². The molecular weight excluding hydrogens is 254 g/mol. The van der Waals surface area contributed by atoms with Crippen LogP contribution in [0.15, 0.2) is 30.5 Å².